The van der Waals surface area contributed by atoms with Crippen LogP contribution < -0.4 is 10.6 Å². The largest absolute Gasteiger partial charge is 0.395 e. The smallest absolute Gasteiger partial charge is 0.277 e. The number of benzene rings is 1. The van der Waals surface area contributed by atoms with E-state index < -0.39 is 11.8 Å². The molecule has 158 valence electrons. The van der Waals surface area contributed by atoms with Crippen LogP contribution in [0.2, 0.25) is 0 Å². The second-order valence-electron chi connectivity index (χ2n) is 9.43. The van der Waals surface area contributed by atoms with Crippen molar-refractivity contribution >= 4 is 23.4 Å². The Morgan fingerprint density at radius 1 is 1.10 bits per heavy atom. The van der Waals surface area contributed by atoms with Crippen molar-refractivity contribution in [2.45, 2.75) is 44.1 Å². The molecule has 0 aromatic heterocycles. The van der Waals surface area contributed by atoms with Crippen LogP contribution in [-0.4, -0.2) is 46.4 Å². The lowest BCUT2D eigenvalue weighted by molar-refractivity contribution is -0.137. The summed E-state index contributed by atoms with van der Waals surface area (Å²) in [4.78, 5) is 38.3. The van der Waals surface area contributed by atoms with Gasteiger partial charge in [0.25, 0.3) is 17.7 Å². The number of nitrogens with zero attached hydrogens (tertiary/aromatic N) is 1. The summed E-state index contributed by atoms with van der Waals surface area (Å²) in [6, 6.07) is 7.01. The van der Waals surface area contributed by atoms with E-state index in [1.54, 1.807) is 24.3 Å². The van der Waals surface area contributed by atoms with Crippen LogP contribution in [0.1, 0.15) is 48.9 Å². The van der Waals surface area contributed by atoms with Gasteiger partial charge in [-0.1, -0.05) is 6.07 Å². The van der Waals surface area contributed by atoms with Gasteiger partial charge in [-0.15, -0.1) is 0 Å². The number of carbonyl (C=O) groups excluding carboxylic acids is 3. The molecule has 1 aliphatic heterocycles. The Bertz CT molecular complexity index is 903. The minimum atomic E-state index is -0.475. The lowest BCUT2D eigenvalue weighted by Crippen LogP contribution is -2.59. The van der Waals surface area contributed by atoms with E-state index in [1.807, 2.05) is 0 Å². The zero-order valence-electron chi connectivity index (χ0n) is 16.9. The average Bonchev–Trinajstić information content (AvgIpc) is 2.94. The zero-order chi connectivity index (χ0) is 20.9. The zero-order valence-corrected chi connectivity index (χ0v) is 16.9. The summed E-state index contributed by atoms with van der Waals surface area (Å²) in [6.45, 7) is -0.314. The first-order valence-corrected chi connectivity index (χ1v) is 10.8. The molecule has 3 N–H and O–H groups in total. The Hall–Kier alpha value is -2.67. The quantitative estimate of drug-likeness (QED) is 0.625. The van der Waals surface area contributed by atoms with Gasteiger partial charge in [-0.05, 0) is 74.5 Å². The lowest BCUT2D eigenvalue weighted by atomic mass is 9.53. The van der Waals surface area contributed by atoms with Crippen molar-refractivity contribution in [3.8, 4) is 0 Å². The number of hydrogen-bond acceptors (Lipinski definition) is 5. The van der Waals surface area contributed by atoms with Crippen LogP contribution in [0.5, 0.6) is 0 Å². The Balaban J connectivity index is 1.29. The van der Waals surface area contributed by atoms with Gasteiger partial charge in [0, 0.05) is 22.9 Å². The second-order valence-corrected chi connectivity index (χ2v) is 9.43. The Labute approximate surface area is 175 Å². The van der Waals surface area contributed by atoms with E-state index in [2.05, 4.69) is 10.6 Å². The van der Waals surface area contributed by atoms with Crippen LogP contribution in [0, 0.1) is 17.8 Å². The summed E-state index contributed by atoms with van der Waals surface area (Å²) in [5.41, 5.74) is 1.20. The monoisotopic (exact) mass is 409 g/mol. The van der Waals surface area contributed by atoms with Crippen molar-refractivity contribution in [3.05, 3.63) is 41.6 Å². The van der Waals surface area contributed by atoms with Gasteiger partial charge in [-0.25, -0.2) is 0 Å². The maximum atomic E-state index is 13.1. The number of aliphatic hydroxyl groups excluding tert-OH is 1. The molecule has 4 saturated carbocycles. The predicted octanol–water partition coefficient (Wildman–Crippen LogP) is 2.04. The van der Waals surface area contributed by atoms with E-state index in [0.717, 1.165) is 41.9 Å². The third-order valence-corrected chi connectivity index (χ3v) is 7.15. The van der Waals surface area contributed by atoms with E-state index in [1.165, 1.54) is 25.3 Å². The minimum absolute atomic E-state index is 0.0349. The molecule has 3 amide bonds. The first kappa shape index (κ1) is 19.3. The summed E-state index contributed by atoms with van der Waals surface area (Å²) >= 11 is 0. The number of nitrogens with one attached hydrogen (secondary N) is 2. The molecular weight excluding hydrogens is 382 g/mol. The van der Waals surface area contributed by atoms with Crippen molar-refractivity contribution in [3.63, 3.8) is 0 Å². The van der Waals surface area contributed by atoms with Crippen molar-refractivity contribution in [2.24, 2.45) is 17.8 Å². The van der Waals surface area contributed by atoms with Gasteiger partial charge in [-0.3, -0.25) is 19.3 Å². The number of rotatable bonds is 6. The fourth-order valence-corrected chi connectivity index (χ4v) is 6.38. The SMILES string of the molecule is O=C(NC12CC3CC(CC(C3)C1)C2)c1cccc(NC2=CC(=O)N(CCO)C2=O)c1. The highest BCUT2D eigenvalue weighted by Gasteiger charge is 2.51. The van der Waals surface area contributed by atoms with Gasteiger partial charge in [0.05, 0.1) is 13.2 Å². The third-order valence-electron chi connectivity index (χ3n) is 7.15. The fourth-order valence-electron chi connectivity index (χ4n) is 6.38. The minimum Gasteiger partial charge on any atom is -0.395 e. The molecule has 4 fully saturated rings. The highest BCUT2D eigenvalue weighted by Crippen LogP contribution is 2.55. The van der Waals surface area contributed by atoms with Gasteiger partial charge in [-0.2, -0.15) is 0 Å². The molecule has 7 nitrogen and oxygen atoms in total. The number of imide groups is 1. The first-order valence-electron chi connectivity index (χ1n) is 10.8. The topological polar surface area (TPSA) is 98.7 Å². The molecule has 1 aromatic carbocycles. The normalized spacial score (nSPS) is 31.8. The molecule has 30 heavy (non-hydrogen) atoms. The third kappa shape index (κ3) is 3.41. The molecule has 6 rings (SSSR count). The van der Waals surface area contributed by atoms with Crippen LogP contribution in [-0.2, 0) is 9.59 Å². The van der Waals surface area contributed by atoms with Crippen LogP contribution in [0.3, 0.4) is 0 Å². The van der Waals surface area contributed by atoms with E-state index in [9.17, 15) is 14.4 Å². The summed E-state index contributed by atoms with van der Waals surface area (Å²) in [5, 5.41) is 15.3. The molecule has 0 spiro atoms. The molecule has 4 aliphatic carbocycles. The predicted molar refractivity (Wildman–Crippen MR) is 110 cm³/mol. The number of anilines is 1. The number of aliphatic hydroxyl groups is 1. The molecule has 0 saturated heterocycles. The van der Waals surface area contributed by atoms with E-state index in [0.29, 0.717) is 11.3 Å². The van der Waals surface area contributed by atoms with Gasteiger partial charge >= 0.3 is 0 Å². The Kier molecular flexibility index (Phi) is 4.65. The summed E-state index contributed by atoms with van der Waals surface area (Å²) < 4.78 is 0. The maximum absolute atomic E-state index is 13.1. The van der Waals surface area contributed by atoms with Crippen LogP contribution in [0.25, 0.3) is 0 Å². The van der Waals surface area contributed by atoms with Gasteiger partial charge in [0.1, 0.15) is 5.70 Å². The Morgan fingerprint density at radius 2 is 1.77 bits per heavy atom. The van der Waals surface area contributed by atoms with Crippen molar-refractivity contribution in [1.82, 2.24) is 10.2 Å². The fraction of sp³-hybridized carbons (Fsp3) is 0.522. The number of amides is 3. The average molecular weight is 409 g/mol. The van der Waals surface area contributed by atoms with Crippen molar-refractivity contribution < 1.29 is 19.5 Å². The first-order chi connectivity index (χ1) is 14.4. The second kappa shape index (κ2) is 7.23. The molecule has 7 heteroatoms. The summed E-state index contributed by atoms with van der Waals surface area (Å²) in [7, 11) is 0. The molecule has 0 atom stereocenters. The highest BCUT2D eigenvalue weighted by atomic mass is 16.3. The van der Waals surface area contributed by atoms with Gasteiger partial charge in [0.15, 0.2) is 0 Å². The van der Waals surface area contributed by atoms with Gasteiger partial charge in [0.2, 0.25) is 0 Å². The van der Waals surface area contributed by atoms with Crippen LogP contribution in [0.15, 0.2) is 36.0 Å². The molecule has 0 radical (unpaired) electrons. The molecule has 1 heterocycles. The van der Waals surface area contributed by atoms with E-state index >= 15 is 0 Å². The van der Waals surface area contributed by atoms with E-state index in [4.69, 9.17) is 5.11 Å². The molecule has 4 bridgehead atoms. The van der Waals surface area contributed by atoms with E-state index in [-0.39, 0.29) is 30.3 Å². The lowest BCUT2D eigenvalue weighted by Gasteiger charge is -2.56. The Morgan fingerprint density at radius 3 is 2.40 bits per heavy atom. The molecular formula is C23H27N3O4. The maximum Gasteiger partial charge on any atom is 0.277 e. The molecule has 1 aromatic rings. The number of β-amino-alcohol motifs (C(OH)–C–C–N with tert-alkyl or cyclic N) is 1. The number of carbonyl (C=O) groups is 3. The summed E-state index contributed by atoms with van der Waals surface area (Å²) in [5.74, 6) is 1.26. The van der Waals surface area contributed by atoms with Gasteiger partial charge < -0.3 is 15.7 Å². The molecule has 0 unspecified atom stereocenters. The standard InChI is InChI=1S/C23H27N3O4/c27-5-4-26-20(28)10-19(22(26)30)24-18-3-1-2-17(9-18)21(29)25-23-11-14-6-15(12-23)8-16(7-14)13-23/h1-3,9-10,14-16,24,27H,4-8,11-13H2,(H,25,29). The van der Waals surface area contributed by atoms with Crippen molar-refractivity contribution in [2.75, 3.05) is 18.5 Å². The van der Waals surface area contributed by atoms with Crippen LogP contribution >= 0.6 is 0 Å². The molecule has 5 aliphatic rings. The highest BCUT2D eigenvalue weighted by molar-refractivity contribution is 6.17. The number of hydrogen-bond donors (Lipinski definition) is 3. The van der Waals surface area contributed by atoms with Crippen molar-refractivity contribution in [1.29, 1.82) is 0 Å². The van der Waals surface area contributed by atoms with Crippen LogP contribution in [0.4, 0.5) is 5.69 Å². The summed E-state index contributed by atoms with van der Waals surface area (Å²) in [6.07, 6.45) is 8.46.